The number of hydrogen-bond donors (Lipinski definition) is 4. The van der Waals surface area contributed by atoms with Crippen molar-refractivity contribution in [3.05, 3.63) is 5.69 Å². The van der Waals surface area contributed by atoms with Gasteiger partial charge in [-0.2, -0.15) is 0 Å². The Kier molecular flexibility index (Phi) is 4.23. The van der Waals surface area contributed by atoms with E-state index in [1.807, 2.05) is 0 Å². The first kappa shape index (κ1) is 13.2. The minimum Gasteiger partial charge on any atom is -0.409 e. The number of anilines is 1. The first-order valence-corrected chi connectivity index (χ1v) is 6.32. The number of oxime groups is 1. The molecule has 0 fully saturated rings. The van der Waals surface area contributed by atoms with E-state index in [0.29, 0.717) is 0 Å². The van der Waals surface area contributed by atoms with Crippen molar-refractivity contribution in [2.24, 2.45) is 5.16 Å². The molecule has 1 aromatic heterocycles. The van der Waals surface area contributed by atoms with Gasteiger partial charge in [-0.3, -0.25) is 0 Å². The zero-order chi connectivity index (χ0) is 12.9. The average Bonchev–Trinajstić information content (AvgIpc) is 2.63. The topological polar surface area (TPSA) is 156 Å². The molecule has 0 bridgehead atoms. The van der Waals surface area contributed by atoms with Gasteiger partial charge in [0.15, 0.2) is 17.3 Å². The molecule has 0 aliphatic rings. The second kappa shape index (κ2) is 5.45. The third kappa shape index (κ3) is 4.24. The fourth-order valence-corrected chi connectivity index (χ4v) is 1.42. The maximum Gasteiger partial charge on any atom is 0.208 e. The van der Waals surface area contributed by atoms with E-state index < -0.39 is 10.0 Å². The molecule has 17 heavy (non-hydrogen) atoms. The van der Waals surface area contributed by atoms with Crippen molar-refractivity contribution in [2.75, 3.05) is 25.1 Å². The molecule has 10 nitrogen and oxygen atoms in total. The molecule has 0 radical (unpaired) electrons. The van der Waals surface area contributed by atoms with Gasteiger partial charge in [-0.05, 0) is 10.3 Å². The van der Waals surface area contributed by atoms with Crippen LogP contribution in [0.5, 0.6) is 0 Å². The molecule has 0 aliphatic heterocycles. The van der Waals surface area contributed by atoms with E-state index >= 15 is 0 Å². The summed E-state index contributed by atoms with van der Waals surface area (Å²) in [4.78, 5) is 0. The van der Waals surface area contributed by atoms with E-state index in [9.17, 15) is 8.42 Å². The number of nitrogens with one attached hydrogen (secondary N) is 2. The zero-order valence-electron chi connectivity index (χ0n) is 8.91. The molecule has 0 saturated carbocycles. The molecule has 5 N–H and O–H groups in total. The lowest BCUT2D eigenvalue weighted by Crippen LogP contribution is -2.35. The lowest BCUT2D eigenvalue weighted by Gasteiger charge is -2.05. The largest absolute Gasteiger partial charge is 0.409 e. The van der Waals surface area contributed by atoms with Crippen LogP contribution in [-0.2, 0) is 10.0 Å². The van der Waals surface area contributed by atoms with Crippen molar-refractivity contribution in [3.8, 4) is 0 Å². The van der Waals surface area contributed by atoms with Gasteiger partial charge in [-0.15, -0.1) is 0 Å². The van der Waals surface area contributed by atoms with Gasteiger partial charge in [-0.1, -0.05) is 5.16 Å². The van der Waals surface area contributed by atoms with Gasteiger partial charge < -0.3 is 16.3 Å². The first-order valence-electron chi connectivity index (χ1n) is 4.43. The summed E-state index contributed by atoms with van der Waals surface area (Å²) in [5.41, 5.74) is 5.43. The molecule has 0 unspecified atom stereocenters. The molecule has 1 rings (SSSR count). The van der Waals surface area contributed by atoms with Gasteiger partial charge in [0, 0.05) is 13.1 Å². The van der Waals surface area contributed by atoms with Crippen LogP contribution in [0.4, 0.5) is 5.82 Å². The summed E-state index contributed by atoms with van der Waals surface area (Å²) in [7, 11) is -3.25. The Morgan fingerprint density at radius 2 is 2.24 bits per heavy atom. The molecule has 0 aliphatic carbocycles. The fraction of sp³-hybridized carbons (Fsp3) is 0.500. The second-order valence-corrected chi connectivity index (χ2v) is 4.87. The van der Waals surface area contributed by atoms with Gasteiger partial charge in [0.2, 0.25) is 10.0 Å². The molecule has 0 spiro atoms. The Hall–Kier alpha value is -1.88. The number of rotatable bonds is 5. The molecule has 1 aromatic rings. The van der Waals surface area contributed by atoms with Crippen LogP contribution < -0.4 is 15.8 Å². The highest BCUT2D eigenvalue weighted by Gasteiger charge is 2.14. The van der Waals surface area contributed by atoms with Crippen molar-refractivity contribution in [3.63, 3.8) is 0 Å². The molecule has 0 aromatic carbocycles. The number of sulfonamides is 1. The summed E-state index contributed by atoms with van der Waals surface area (Å²) in [6.45, 7) is 0.293. The quantitative estimate of drug-likeness (QED) is 0.155. The van der Waals surface area contributed by atoms with Crippen molar-refractivity contribution in [1.29, 1.82) is 0 Å². The van der Waals surface area contributed by atoms with E-state index in [4.69, 9.17) is 10.9 Å². The molecular weight excluding hydrogens is 252 g/mol. The standard InChI is InChI=1S/C6H12N6O4S/c1-17(14,15)9-3-2-8-6(10-13)4-5(7)12-16-11-4/h9,13H,2-3H2,1H3,(H2,7,12)(H,8,10). The first-order chi connectivity index (χ1) is 7.94. The minimum absolute atomic E-state index is 0.0404. The summed E-state index contributed by atoms with van der Waals surface area (Å²) < 4.78 is 28.1. The Morgan fingerprint density at radius 3 is 2.71 bits per heavy atom. The third-order valence-corrected chi connectivity index (χ3v) is 2.35. The van der Waals surface area contributed by atoms with Crippen molar-refractivity contribution in [2.45, 2.75) is 0 Å². The fourth-order valence-electron chi connectivity index (χ4n) is 0.944. The molecule has 96 valence electrons. The number of amidine groups is 1. The van der Waals surface area contributed by atoms with E-state index in [-0.39, 0.29) is 30.4 Å². The molecule has 0 amide bonds. The summed E-state index contributed by atoms with van der Waals surface area (Å²) >= 11 is 0. The third-order valence-electron chi connectivity index (χ3n) is 1.62. The highest BCUT2D eigenvalue weighted by Crippen LogP contribution is 2.03. The van der Waals surface area contributed by atoms with Crippen LogP contribution in [0, 0.1) is 0 Å². The average molecular weight is 264 g/mol. The molecular formula is C6H12N6O4S. The van der Waals surface area contributed by atoms with E-state index in [1.165, 1.54) is 0 Å². The van der Waals surface area contributed by atoms with Crippen LogP contribution >= 0.6 is 0 Å². The van der Waals surface area contributed by atoms with Gasteiger partial charge in [0.1, 0.15) is 0 Å². The van der Waals surface area contributed by atoms with Crippen LogP contribution in [0.15, 0.2) is 9.78 Å². The Balaban J connectivity index is 2.48. The Labute approximate surface area is 96.9 Å². The summed E-state index contributed by atoms with van der Waals surface area (Å²) in [5, 5.41) is 20.9. The summed E-state index contributed by atoms with van der Waals surface area (Å²) in [5.74, 6) is -0.0968. The number of nitrogens with two attached hydrogens (primary N) is 1. The van der Waals surface area contributed by atoms with Crippen LogP contribution in [0.1, 0.15) is 5.69 Å². The highest BCUT2D eigenvalue weighted by atomic mass is 32.2. The maximum absolute atomic E-state index is 10.8. The monoisotopic (exact) mass is 264 g/mol. The molecule has 1 heterocycles. The van der Waals surface area contributed by atoms with Crippen LogP contribution in [-0.4, -0.2) is 49.1 Å². The minimum atomic E-state index is -3.25. The number of hydrogen-bond acceptors (Lipinski definition) is 8. The van der Waals surface area contributed by atoms with E-state index in [1.54, 1.807) is 0 Å². The van der Waals surface area contributed by atoms with Gasteiger partial charge in [0.25, 0.3) is 0 Å². The van der Waals surface area contributed by atoms with Gasteiger partial charge >= 0.3 is 0 Å². The van der Waals surface area contributed by atoms with Crippen molar-refractivity contribution >= 4 is 21.7 Å². The normalized spacial score (nSPS) is 12.6. The van der Waals surface area contributed by atoms with E-state index in [2.05, 4.69) is 30.1 Å². The number of nitrogens with zero attached hydrogens (tertiary/aromatic N) is 3. The predicted molar refractivity (Wildman–Crippen MR) is 57.9 cm³/mol. The maximum atomic E-state index is 10.8. The lowest BCUT2D eigenvalue weighted by molar-refractivity contribution is 0.304. The lowest BCUT2D eigenvalue weighted by atomic mass is 10.4. The smallest absolute Gasteiger partial charge is 0.208 e. The molecule has 11 heteroatoms. The summed E-state index contributed by atoms with van der Waals surface area (Å²) in [6, 6.07) is 0. The highest BCUT2D eigenvalue weighted by molar-refractivity contribution is 7.88. The van der Waals surface area contributed by atoms with Crippen molar-refractivity contribution in [1.82, 2.24) is 20.4 Å². The van der Waals surface area contributed by atoms with Crippen LogP contribution in [0.2, 0.25) is 0 Å². The Morgan fingerprint density at radius 1 is 1.53 bits per heavy atom. The van der Waals surface area contributed by atoms with E-state index in [0.717, 1.165) is 6.26 Å². The van der Waals surface area contributed by atoms with Gasteiger partial charge in [0.05, 0.1) is 6.26 Å². The van der Waals surface area contributed by atoms with Crippen molar-refractivity contribution < 1.29 is 18.3 Å². The summed E-state index contributed by atoms with van der Waals surface area (Å²) in [6.07, 6.45) is 1.04. The predicted octanol–water partition coefficient (Wildman–Crippen LogP) is -2.07. The number of nitrogen functional groups attached to an aromatic ring is 1. The second-order valence-electron chi connectivity index (χ2n) is 3.04. The molecule has 0 saturated heterocycles. The Bertz CT molecular complexity index is 494. The number of aromatic nitrogens is 2. The SMILES string of the molecule is CS(=O)(=O)NCCN/C(=N\O)c1nonc1N. The van der Waals surface area contributed by atoms with Crippen LogP contribution in [0.25, 0.3) is 0 Å². The molecule has 0 atom stereocenters. The van der Waals surface area contributed by atoms with Crippen LogP contribution in [0.3, 0.4) is 0 Å². The zero-order valence-corrected chi connectivity index (χ0v) is 9.73. The van der Waals surface area contributed by atoms with Gasteiger partial charge in [-0.25, -0.2) is 17.8 Å².